The van der Waals surface area contributed by atoms with Crippen molar-refractivity contribution in [2.24, 2.45) is 5.92 Å². The molecule has 1 aromatic carbocycles. The van der Waals surface area contributed by atoms with Gasteiger partial charge >= 0.3 is 12.1 Å². The first-order valence-electron chi connectivity index (χ1n) is 11.6. The van der Waals surface area contributed by atoms with Crippen molar-refractivity contribution in [2.75, 3.05) is 31.6 Å². The number of aromatic nitrogens is 2. The van der Waals surface area contributed by atoms with E-state index in [1.165, 1.54) is 4.90 Å². The lowest BCUT2D eigenvalue weighted by atomic mass is 9.97. The molecule has 0 bridgehead atoms. The summed E-state index contributed by atoms with van der Waals surface area (Å²) in [6, 6.07) is 7.76. The van der Waals surface area contributed by atoms with Crippen LogP contribution in [0.1, 0.15) is 39.2 Å². The lowest BCUT2D eigenvalue weighted by Gasteiger charge is -2.30. The first-order chi connectivity index (χ1) is 16.5. The number of carboxylic acid groups (broad SMARTS) is 1. The maximum Gasteiger partial charge on any atom is 0.408 e. The fourth-order valence-corrected chi connectivity index (χ4v) is 3.77. The zero-order chi connectivity index (χ0) is 25.6. The van der Waals surface area contributed by atoms with E-state index in [4.69, 9.17) is 9.84 Å². The van der Waals surface area contributed by atoms with E-state index in [2.05, 4.69) is 15.3 Å². The van der Waals surface area contributed by atoms with Crippen LogP contribution < -0.4 is 10.2 Å². The number of carbonyl (C=O) groups excluding carboxylic acids is 2. The fraction of sp³-hybridized carbons (Fsp3) is 0.480. The van der Waals surface area contributed by atoms with Crippen molar-refractivity contribution in [1.29, 1.82) is 0 Å². The van der Waals surface area contributed by atoms with Crippen molar-refractivity contribution < 1.29 is 24.2 Å². The SMILES string of the molecule is CN(Cc1cccc(-c2cnc(N3CCC(C(=O)O)CC3)nc2)c1)C(=O)CNC(=O)OC(C)(C)C. The first kappa shape index (κ1) is 25.9. The Morgan fingerprint density at radius 2 is 1.80 bits per heavy atom. The summed E-state index contributed by atoms with van der Waals surface area (Å²) >= 11 is 0. The Balaban J connectivity index is 1.56. The molecule has 2 amide bonds. The molecule has 0 radical (unpaired) electrons. The summed E-state index contributed by atoms with van der Waals surface area (Å²) in [6.45, 7) is 6.75. The number of carbonyl (C=O) groups is 3. The van der Waals surface area contributed by atoms with Gasteiger partial charge in [0, 0.05) is 44.6 Å². The van der Waals surface area contributed by atoms with E-state index in [-0.39, 0.29) is 18.4 Å². The zero-order valence-electron chi connectivity index (χ0n) is 20.7. The second-order valence-electron chi connectivity index (χ2n) is 9.68. The number of ether oxygens (including phenoxy) is 1. The van der Waals surface area contributed by atoms with Gasteiger partial charge in [0.15, 0.2) is 0 Å². The van der Waals surface area contributed by atoms with Crippen LogP contribution in [0.5, 0.6) is 0 Å². The van der Waals surface area contributed by atoms with Gasteiger partial charge < -0.3 is 25.0 Å². The number of amides is 2. The summed E-state index contributed by atoms with van der Waals surface area (Å²) < 4.78 is 5.15. The highest BCUT2D eigenvalue weighted by Crippen LogP contribution is 2.24. The van der Waals surface area contributed by atoms with Crippen LogP contribution in [-0.2, 0) is 20.9 Å². The molecular weight excluding hydrogens is 450 g/mol. The normalized spacial score (nSPS) is 14.3. The average Bonchev–Trinajstić information content (AvgIpc) is 2.82. The Labute approximate surface area is 205 Å². The molecule has 1 aromatic heterocycles. The third kappa shape index (κ3) is 7.66. The molecule has 1 saturated heterocycles. The van der Waals surface area contributed by atoms with Gasteiger partial charge in [0.1, 0.15) is 12.1 Å². The number of benzene rings is 1. The number of likely N-dealkylation sites (N-methyl/N-ethyl adjacent to an activating group) is 1. The maximum absolute atomic E-state index is 12.4. The lowest BCUT2D eigenvalue weighted by Crippen LogP contribution is -2.40. The summed E-state index contributed by atoms with van der Waals surface area (Å²) in [7, 11) is 1.68. The van der Waals surface area contributed by atoms with Crippen LogP contribution in [0.15, 0.2) is 36.7 Å². The highest BCUT2D eigenvalue weighted by atomic mass is 16.6. The molecule has 1 aliphatic heterocycles. The molecule has 188 valence electrons. The summed E-state index contributed by atoms with van der Waals surface area (Å²) in [6.07, 6.45) is 4.05. The number of hydrogen-bond acceptors (Lipinski definition) is 7. The zero-order valence-corrected chi connectivity index (χ0v) is 20.7. The van der Waals surface area contributed by atoms with Crippen LogP contribution in [0.3, 0.4) is 0 Å². The summed E-state index contributed by atoms with van der Waals surface area (Å²) in [5.41, 5.74) is 2.07. The van der Waals surface area contributed by atoms with Crippen molar-refractivity contribution in [2.45, 2.75) is 45.8 Å². The number of aliphatic carboxylic acids is 1. The molecule has 10 heteroatoms. The van der Waals surface area contributed by atoms with Gasteiger partial charge in [0.25, 0.3) is 0 Å². The van der Waals surface area contributed by atoms with Gasteiger partial charge in [-0.2, -0.15) is 0 Å². The highest BCUT2D eigenvalue weighted by Gasteiger charge is 2.25. The first-order valence-corrected chi connectivity index (χ1v) is 11.6. The van der Waals surface area contributed by atoms with Gasteiger partial charge in [-0.1, -0.05) is 18.2 Å². The van der Waals surface area contributed by atoms with Gasteiger partial charge in [-0.25, -0.2) is 14.8 Å². The van der Waals surface area contributed by atoms with Crippen molar-refractivity contribution in [1.82, 2.24) is 20.2 Å². The fourth-order valence-electron chi connectivity index (χ4n) is 3.77. The summed E-state index contributed by atoms with van der Waals surface area (Å²) in [5, 5.41) is 11.6. The van der Waals surface area contributed by atoms with Gasteiger partial charge in [0.2, 0.25) is 11.9 Å². The van der Waals surface area contributed by atoms with E-state index in [1.54, 1.807) is 40.2 Å². The van der Waals surface area contributed by atoms with Crippen molar-refractivity contribution in [3.05, 3.63) is 42.2 Å². The van der Waals surface area contributed by atoms with E-state index in [9.17, 15) is 14.4 Å². The Morgan fingerprint density at radius 1 is 1.14 bits per heavy atom. The molecule has 2 N–H and O–H groups in total. The van der Waals surface area contributed by atoms with E-state index in [0.717, 1.165) is 16.7 Å². The Morgan fingerprint density at radius 3 is 2.40 bits per heavy atom. The molecule has 0 atom stereocenters. The van der Waals surface area contributed by atoms with E-state index >= 15 is 0 Å². The van der Waals surface area contributed by atoms with Crippen molar-refractivity contribution in [3.63, 3.8) is 0 Å². The third-order valence-electron chi connectivity index (χ3n) is 5.65. The predicted molar refractivity (Wildman–Crippen MR) is 131 cm³/mol. The molecule has 2 aromatic rings. The van der Waals surface area contributed by atoms with E-state index in [1.807, 2.05) is 29.2 Å². The standard InChI is InChI=1S/C25H33N5O5/c1-25(2,3)35-24(34)28-15-21(31)29(4)16-17-6-5-7-19(12-17)20-13-26-23(27-14-20)30-10-8-18(9-11-30)22(32)33/h5-7,12-14,18H,8-11,15-16H2,1-4H3,(H,28,34)(H,32,33). The molecule has 1 fully saturated rings. The molecule has 2 heterocycles. The molecule has 10 nitrogen and oxygen atoms in total. The molecule has 1 aliphatic rings. The van der Waals surface area contributed by atoms with Crippen LogP contribution in [0, 0.1) is 5.92 Å². The van der Waals surface area contributed by atoms with E-state index in [0.29, 0.717) is 38.4 Å². The van der Waals surface area contributed by atoms with Crippen molar-refractivity contribution >= 4 is 23.9 Å². The quantitative estimate of drug-likeness (QED) is 0.616. The average molecular weight is 484 g/mol. The second-order valence-corrected chi connectivity index (χ2v) is 9.68. The minimum absolute atomic E-state index is 0.149. The Hall–Kier alpha value is -3.69. The lowest BCUT2D eigenvalue weighted by molar-refractivity contribution is -0.142. The monoisotopic (exact) mass is 483 g/mol. The molecular formula is C25H33N5O5. The number of hydrogen-bond donors (Lipinski definition) is 2. The second kappa shape index (κ2) is 11.2. The predicted octanol–water partition coefficient (Wildman–Crippen LogP) is 2.93. The molecule has 0 unspecified atom stereocenters. The number of rotatable bonds is 7. The minimum Gasteiger partial charge on any atom is -0.481 e. The van der Waals surface area contributed by atoms with E-state index < -0.39 is 17.7 Å². The van der Waals surface area contributed by atoms with Gasteiger partial charge in [-0.05, 0) is 50.8 Å². The largest absolute Gasteiger partial charge is 0.481 e. The molecule has 0 spiro atoms. The van der Waals surface area contributed by atoms with Gasteiger partial charge in [-0.3, -0.25) is 9.59 Å². The summed E-state index contributed by atoms with van der Waals surface area (Å²) in [4.78, 5) is 47.8. The molecule has 0 aliphatic carbocycles. The third-order valence-corrected chi connectivity index (χ3v) is 5.65. The van der Waals surface area contributed by atoms with Crippen LogP contribution in [0.2, 0.25) is 0 Å². The topological polar surface area (TPSA) is 125 Å². The molecule has 0 saturated carbocycles. The Kier molecular flexibility index (Phi) is 8.26. The molecule has 35 heavy (non-hydrogen) atoms. The smallest absolute Gasteiger partial charge is 0.408 e. The highest BCUT2D eigenvalue weighted by molar-refractivity contribution is 5.82. The number of anilines is 1. The van der Waals surface area contributed by atoms with Crippen LogP contribution >= 0.6 is 0 Å². The number of nitrogens with one attached hydrogen (secondary N) is 1. The number of alkyl carbamates (subject to hydrolysis) is 1. The van der Waals surface area contributed by atoms with Crippen LogP contribution in [0.4, 0.5) is 10.7 Å². The Bertz CT molecular complexity index is 1040. The molecule has 3 rings (SSSR count). The number of carboxylic acids is 1. The summed E-state index contributed by atoms with van der Waals surface area (Å²) in [5.74, 6) is -0.684. The number of nitrogens with zero attached hydrogens (tertiary/aromatic N) is 4. The van der Waals surface area contributed by atoms with Crippen LogP contribution in [-0.4, -0.2) is 70.2 Å². The number of piperidine rings is 1. The van der Waals surface area contributed by atoms with Gasteiger partial charge in [0.05, 0.1) is 5.92 Å². The maximum atomic E-state index is 12.4. The minimum atomic E-state index is -0.743. The van der Waals surface area contributed by atoms with Gasteiger partial charge in [-0.15, -0.1) is 0 Å². The van der Waals surface area contributed by atoms with Crippen LogP contribution in [0.25, 0.3) is 11.1 Å². The van der Waals surface area contributed by atoms with Crippen molar-refractivity contribution in [3.8, 4) is 11.1 Å².